The van der Waals surface area contributed by atoms with Gasteiger partial charge < -0.3 is 10.5 Å². The highest BCUT2D eigenvalue weighted by atomic mass is 19.2. The second-order valence-electron chi connectivity index (χ2n) is 3.52. The molecule has 0 aliphatic heterocycles. The molecule has 0 aliphatic carbocycles. The molecule has 0 bridgehead atoms. The van der Waals surface area contributed by atoms with E-state index in [9.17, 15) is 13.6 Å². The van der Waals surface area contributed by atoms with Gasteiger partial charge in [0.2, 0.25) is 0 Å². The van der Waals surface area contributed by atoms with Gasteiger partial charge in [-0.1, -0.05) is 6.07 Å². The molecule has 0 aliphatic rings. The van der Waals surface area contributed by atoms with Crippen LogP contribution in [0, 0.1) is 18.6 Å². The van der Waals surface area contributed by atoms with E-state index in [1.54, 1.807) is 0 Å². The van der Waals surface area contributed by atoms with Gasteiger partial charge in [-0.2, -0.15) is 0 Å². The largest absolute Gasteiger partial charge is 0.469 e. The van der Waals surface area contributed by atoms with Gasteiger partial charge in [-0.3, -0.25) is 4.79 Å². The Balaban J connectivity index is 2.92. The maximum absolute atomic E-state index is 13.1. The van der Waals surface area contributed by atoms with Crippen LogP contribution in [0.5, 0.6) is 0 Å². The maximum atomic E-state index is 13.1. The molecule has 1 aromatic rings. The van der Waals surface area contributed by atoms with Gasteiger partial charge in [0.1, 0.15) is 0 Å². The van der Waals surface area contributed by atoms with Crippen molar-refractivity contribution in [3.63, 3.8) is 0 Å². The summed E-state index contributed by atoms with van der Waals surface area (Å²) in [6, 6.07) is 1.73. The molecule has 0 saturated carbocycles. The minimum atomic E-state index is -0.963. The number of aryl methyl sites for hydroxylation is 1. The highest BCUT2D eigenvalue weighted by Crippen LogP contribution is 2.20. The van der Waals surface area contributed by atoms with Crippen molar-refractivity contribution in [3.05, 3.63) is 34.9 Å². The van der Waals surface area contributed by atoms with Crippen LogP contribution in [-0.2, 0) is 9.53 Å². The summed E-state index contributed by atoms with van der Waals surface area (Å²) < 4.78 is 30.5. The van der Waals surface area contributed by atoms with Gasteiger partial charge in [0.05, 0.1) is 13.5 Å². The summed E-state index contributed by atoms with van der Waals surface area (Å²) in [6.07, 6.45) is -0.0684. The average molecular weight is 229 g/mol. The van der Waals surface area contributed by atoms with Crippen LogP contribution in [0.2, 0.25) is 0 Å². The smallest absolute Gasteiger partial charge is 0.307 e. The Morgan fingerprint density at radius 2 is 2.12 bits per heavy atom. The molecule has 1 atom stereocenters. The van der Waals surface area contributed by atoms with Crippen LogP contribution in [0.15, 0.2) is 12.1 Å². The third-order valence-corrected chi connectivity index (χ3v) is 2.27. The summed E-state index contributed by atoms with van der Waals surface area (Å²) in [5, 5.41) is 0. The first-order valence-corrected chi connectivity index (χ1v) is 4.73. The number of ether oxygens (including phenoxy) is 1. The molecule has 0 heterocycles. The predicted octanol–water partition coefficient (Wildman–Crippen LogP) is 1.84. The van der Waals surface area contributed by atoms with E-state index < -0.39 is 23.6 Å². The van der Waals surface area contributed by atoms with E-state index >= 15 is 0 Å². The highest BCUT2D eigenvalue weighted by Gasteiger charge is 2.15. The van der Waals surface area contributed by atoms with Crippen LogP contribution in [0.3, 0.4) is 0 Å². The van der Waals surface area contributed by atoms with Crippen LogP contribution >= 0.6 is 0 Å². The fourth-order valence-electron chi connectivity index (χ4n) is 1.35. The van der Waals surface area contributed by atoms with Crippen LogP contribution in [0.25, 0.3) is 0 Å². The van der Waals surface area contributed by atoms with Crippen LogP contribution in [0.1, 0.15) is 23.6 Å². The van der Waals surface area contributed by atoms with E-state index in [0.29, 0.717) is 5.56 Å². The lowest BCUT2D eigenvalue weighted by atomic mass is 10.0. The summed E-state index contributed by atoms with van der Waals surface area (Å²) in [5.41, 5.74) is 6.21. The third-order valence-electron chi connectivity index (χ3n) is 2.27. The van der Waals surface area contributed by atoms with E-state index in [1.165, 1.54) is 20.1 Å². The normalized spacial score (nSPS) is 12.3. The second kappa shape index (κ2) is 5.03. The van der Waals surface area contributed by atoms with Crippen molar-refractivity contribution in [3.8, 4) is 0 Å². The summed E-state index contributed by atoms with van der Waals surface area (Å²) in [5.74, 6) is -2.35. The number of benzene rings is 1. The fraction of sp³-hybridized carbons (Fsp3) is 0.364. The van der Waals surface area contributed by atoms with Crippen molar-refractivity contribution < 1.29 is 18.3 Å². The van der Waals surface area contributed by atoms with E-state index in [2.05, 4.69) is 4.74 Å². The number of halogens is 2. The number of rotatable bonds is 3. The molecule has 1 unspecified atom stereocenters. The van der Waals surface area contributed by atoms with Crippen molar-refractivity contribution in [1.29, 1.82) is 0 Å². The zero-order valence-electron chi connectivity index (χ0n) is 9.09. The molecule has 1 aromatic carbocycles. The predicted molar refractivity (Wildman–Crippen MR) is 54.7 cm³/mol. The zero-order chi connectivity index (χ0) is 12.3. The Bertz CT molecular complexity index is 384. The Hall–Kier alpha value is -1.49. The SMILES string of the molecule is COC(=O)CC(N)c1cc(C)c(F)c(F)c1. The lowest BCUT2D eigenvalue weighted by molar-refractivity contribution is -0.141. The summed E-state index contributed by atoms with van der Waals surface area (Å²) in [7, 11) is 1.24. The first-order chi connectivity index (χ1) is 7.45. The number of methoxy groups -OCH3 is 1. The Morgan fingerprint density at radius 1 is 1.50 bits per heavy atom. The molecule has 2 N–H and O–H groups in total. The molecular weight excluding hydrogens is 216 g/mol. The standard InChI is InChI=1S/C11H13F2NO2/c1-6-3-7(4-8(12)11(6)13)9(14)5-10(15)16-2/h3-4,9H,5,14H2,1-2H3. The molecule has 16 heavy (non-hydrogen) atoms. The number of carbonyl (C=O) groups excluding carboxylic acids is 1. The first kappa shape index (κ1) is 12.6. The molecule has 0 aromatic heterocycles. The zero-order valence-corrected chi connectivity index (χ0v) is 9.09. The minimum absolute atomic E-state index is 0.0684. The van der Waals surface area contributed by atoms with Crippen molar-refractivity contribution in [2.75, 3.05) is 7.11 Å². The van der Waals surface area contributed by atoms with Gasteiger partial charge in [-0.15, -0.1) is 0 Å². The van der Waals surface area contributed by atoms with E-state index in [-0.39, 0.29) is 12.0 Å². The monoisotopic (exact) mass is 229 g/mol. The number of carbonyl (C=O) groups is 1. The summed E-state index contributed by atoms with van der Waals surface area (Å²) in [6.45, 7) is 1.44. The quantitative estimate of drug-likeness (QED) is 0.804. The fourth-order valence-corrected chi connectivity index (χ4v) is 1.35. The average Bonchev–Trinajstić information content (AvgIpc) is 2.24. The molecule has 0 radical (unpaired) electrons. The first-order valence-electron chi connectivity index (χ1n) is 4.73. The van der Waals surface area contributed by atoms with Gasteiger partial charge >= 0.3 is 5.97 Å². The molecule has 0 spiro atoms. The minimum Gasteiger partial charge on any atom is -0.469 e. The number of hydrogen-bond acceptors (Lipinski definition) is 3. The molecule has 1 rings (SSSR count). The van der Waals surface area contributed by atoms with Gasteiger partial charge in [0, 0.05) is 6.04 Å². The Labute approximate surface area is 92.2 Å². The maximum Gasteiger partial charge on any atom is 0.307 e. The molecular formula is C11H13F2NO2. The molecule has 88 valence electrons. The van der Waals surface area contributed by atoms with Gasteiger partial charge in [0.15, 0.2) is 11.6 Å². The molecule has 3 nitrogen and oxygen atoms in total. The van der Waals surface area contributed by atoms with Crippen molar-refractivity contribution in [1.82, 2.24) is 0 Å². The second-order valence-corrected chi connectivity index (χ2v) is 3.52. The number of nitrogens with two attached hydrogens (primary N) is 1. The van der Waals surface area contributed by atoms with Crippen LogP contribution < -0.4 is 5.73 Å². The van der Waals surface area contributed by atoms with Gasteiger partial charge in [-0.05, 0) is 24.1 Å². The van der Waals surface area contributed by atoms with Crippen molar-refractivity contribution in [2.45, 2.75) is 19.4 Å². The molecule has 0 saturated heterocycles. The van der Waals surface area contributed by atoms with Gasteiger partial charge in [0.25, 0.3) is 0 Å². The highest BCUT2D eigenvalue weighted by molar-refractivity contribution is 5.70. The van der Waals surface area contributed by atoms with Crippen LogP contribution in [0.4, 0.5) is 8.78 Å². The molecule has 0 amide bonds. The third kappa shape index (κ3) is 2.76. The lowest BCUT2D eigenvalue weighted by Gasteiger charge is -2.12. The lowest BCUT2D eigenvalue weighted by Crippen LogP contribution is -2.17. The Morgan fingerprint density at radius 3 is 2.62 bits per heavy atom. The molecule has 5 heteroatoms. The van der Waals surface area contributed by atoms with Crippen molar-refractivity contribution >= 4 is 5.97 Å². The van der Waals surface area contributed by atoms with Crippen LogP contribution in [-0.4, -0.2) is 13.1 Å². The van der Waals surface area contributed by atoms with Gasteiger partial charge in [-0.25, -0.2) is 8.78 Å². The summed E-state index contributed by atoms with van der Waals surface area (Å²) >= 11 is 0. The number of esters is 1. The number of hydrogen-bond donors (Lipinski definition) is 1. The van der Waals surface area contributed by atoms with E-state index in [0.717, 1.165) is 6.07 Å². The van der Waals surface area contributed by atoms with E-state index in [4.69, 9.17) is 5.73 Å². The summed E-state index contributed by atoms with van der Waals surface area (Å²) in [4.78, 5) is 11.0. The topological polar surface area (TPSA) is 52.3 Å². The molecule has 0 fully saturated rings. The Kier molecular flexibility index (Phi) is 3.95. The van der Waals surface area contributed by atoms with Crippen molar-refractivity contribution in [2.24, 2.45) is 5.73 Å². The van der Waals surface area contributed by atoms with E-state index in [1.807, 2.05) is 0 Å².